The Bertz CT molecular complexity index is 1220. The molecule has 3 heterocycles. The lowest BCUT2D eigenvalue weighted by Crippen LogP contribution is -2.35. The zero-order valence-corrected chi connectivity index (χ0v) is 20.5. The zero-order chi connectivity index (χ0) is 24.9. The molecule has 1 saturated heterocycles. The number of pyridine rings is 1. The van der Waals surface area contributed by atoms with Gasteiger partial charge in [0.25, 0.3) is 5.91 Å². The number of hydrogen-bond donors (Lipinski definition) is 1. The van der Waals surface area contributed by atoms with Crippen molar-refractivity contribution in [1.29, 1.82) is 0 Å². The quantitative estimate of drug-likeness (QED) is 0.532. The number of hydroxylamine groups is 2. The van der Waals surface area contributed by atoms with E-state index in [0.717, 1.165) is 49.5 Å². The van der Waals surface area contributed by atoms with Crippen LogP contribution in [-0.4, -0.2) is 54.4 Å². The fourth-order valence-corrected chi connectivity index (χ4v) is 4.67. The molecule has 0 bridgehead atoms. The molecule has 0 radical (unpaired) electrons. The van der Waals surface area contributed by atoms with Gasteiger partial charge >= 0.3 is 0 Å². The number of carbonyl (C=O) groups is 1. The normalized spacial score (nSPS) is 18.8. The Hall–Kier alpha value is -3.56. The van der Waals surface area contributed by atoms with Gasteiger partial charge in [-0.25, -0.2) is 0 Å². The van der Waals surface area contributed by atoms with Gasteiger partial charge in [0.2, 0.25) is 0 Å². The molecule has 1 N–H and O–H groups in total. The molecule has 5 rings (SSSR count). The van der Waals surface area contributed by atoms with Gasteiger partial charge in [0.05, 0.1) is 37.8 Å². The number of morpholine rings is 1. The van der Waals surface area contributed by atoms with Crippen molar-refractivity contribution in [1.82, 2.24) is 15.1 Å². The Balaban J connectivity index is 1.44. The molecule has 1 fully saturated rings. The van der Waals surface area contributed by atoms with Gasteiger partial charge in [0.1, 0.15) is 11.8 Å². The number of nitrogens with zero attached hydrogens (tertiary/aromatic N) is 3. The lowest BCUT2D eigenvalue weighted by molar-refractivity contribution is -0.339. The molecule has 3 aromatic rings. The number of benzene rings is 2. The van der Waals surface area contributed by atoms with Crippen LogP contribution in [0, 0.1) is 0 Å². The molecule has 8 nitrogen and oxygen atoms in total. The second-order valence-electron chi connectivity index (χ2n) is 8.80. The summed E-state index contributed by atoms with van der Waals surface area (Å²) in [5, 5.41) is 4.30. The monoisotopic (exact) mass is 486 g/mol. The van der Waals surface area contributed by atoms with E-state index in [1.807, 2.05) is 18.2 Å². The van der Waals surface area contributed by atoms with Crippen molar-refractivity contribution >= 4 is 11.6 Å². The van der Waals surface area contributed by atoms with Gasteiger partial charge in [-0.3, -0.25) is 19.5 Å². The summed E-state index contributed by atoms with van der Waals surface area (Å²) in [7, 11) is 1.53. The van der Waals surface area contributed by atoms with Crippen LogP contribution in [0.25, 0.3) is 11.1 Å². The second kappa shape index (κ2) is 11.0. The van der Waals surface area contributed by atoms with Crippen molar-refractivity contribution in [3.63, 3.8) is 0 Å². The lowest BCUT2D eigenvalue weighted by atomic mass is 9.90. The first-order chi connectivity index (χ1) is 17.6. The van der Waals surface area contributed by atoms with Crippen molar-refractivity contribution in [3.05, 3.63) is 95.5 Å². The van der Waals surface area contributed by atoms with Crippen LogP contribution in [0.5, 0.6) is 0 Å². The highest BCUT2D eigenvalue weighted by Gasteiger charge is 2.40. The maximum atomic E-state index is 13.4. The summed E-state index contributed by atoms with van der Waals surface area (Å²) in [6.45, 7) is 6.15. The smallest absolute Gasteiger partial charge is 0.257 e. The Morgan fingerprint density at radius 3 is 2.58 bits per heavy atom. The van der Waals surface area contributed by atoms with E-state index in [0.29, 0.717) is 17.0 Å². The highest BCUT2D eigenvalue weighted by Crippen LogP contribution is 2.42. The van der Waals surface area contributed by atoms with Gasteiger partial charge in [0, 0.05) is 25.8 Å². The predicted molar refractivity (Wildman–Crippen MR) is 136 cm³/mol. The molecule has 2 aliphatic rings. The fraction of sp³-hybridized carbons (Fsp3) is 0.286. The van der Waals surface area contributed by atoms with Crippen LogP contribution in [0.3, 0.4) is 0 Å². The maximum absolute atomic E-state index is 13.4. The molecule has 1 unspecified atom stereocenters. The average molecular weight is 487 g/mol. The Kier molecular flexibility index (Phi) is 7.39. The van der Waals surface area contributed by atoms with Gasteiger partial charge in [-0.1, -0.05) is 48.5 Å². The minimum absolute atomic E-state index is 0.263. The molecule has 2 aromatic carbocycles. The number of nitrogens with one attached hydrogen (secondary N) is 1. The molecule has 0 aliphatic carbocycles. The SMILES string of the molecule is CON1OC(C)=C(C(=O)Nc2cccnc2)C1c1ccccc1-c1ccc(CN2CCOCC2)cc1. The highest BCUT2D eigenvalue weighted by molar-refractivity contribution is 6.05. The number of allylic oxidation sites excluding steroid dienone is 1. The van der Waals surface area contributed by atoms with Crippen LogP contribution in [-0.2, 0) is 25.8 Å². The van der Waals surface area contributed by atoms with Crippen molar-refractivity contribution in [2.24, 2.45) is 0 Å². The highest BCUT2D eigenvalue weighted by atomic mass is 17.0. The summed E-state index contributed by atoms with van der Waals surface area (Å²) in [6, 6.07) is 19.7. The van der Waals surface area contributed by atoms with Gasteiger partial charge in [0.15, 0.2) is 0 Å². The van der Waals surface area contributed by atoms with Gasteiger partial charge < -0.3 is 14.9 Å². The summed E-state index contributed by atoms with van der Waals surface area (Å²) in [5.74, 6) is 0.222. The van der Waals surface area contributed by atoms with Crippen LogP contribution in [0.1, 0.15) is 24.1 Å². The van der Waals surface area contributed by atoms with Crippen LogP contribution >= 0.6 is 0 Å². The van der Waals surface area contributed by atoms with E-state index in [9.17, 15) is 4.79 Å². The van der Waals surface area contributed by atoms with Crippen molar-refractivity contribution in [2.45, 2.75) is 19.5 Å². The van der Waals surface area contributed by atoms with Gasteiger partial charge in [-0.2, -0.15) is 0 Å². The topological polar surface area (TPSA) is 76.2 Å². The number of anilines is 1. The van der Waals surface area contributed by atoms with Crippen LogP contribution < -0.4 is 5.32 Å². The minimum atomic E-state index is -0.545. The number of aromatic nitrogens is 1. The first kappa shape index (κ1) is 24.1. The predicted octanol–water partition coefficient (Wildman–Crippen LogP) is 4.34. The second-order valence-corrected chi connectivity index (χ2v) is 8.80. The first-order valence-electron chi connectivity index (χ1n) is 12.1. The van der Waals surface area contributed by atoms with Crippen LogP contribution in [0.4, 0.5) is 5.69 Å². The van der Waals surface area contributed by atoms with Crippen molar-refractivity contribution in [3.8, 4) is 11.1 Å². The standard InChI is InChI=1S/C28H30N4O4/c1-20-26(28(33)30-23-6-5-13-29-18-23)27(32(34-2)36-20)25-8-4-3-7-24(25)22-11-9-21(10-12-22)19-31-14-16-35-17-15-31/h3-13,18,27H,14-17,19H2,1-2H3,(H,30,33). The van der Waals surface area contributed by atoms with E-state index in [4.69, 9.17) is 14.4 Å². The summed E-state index contributed by atoms with van der Waals surface area (Å²) in [4.78, 5) is 31.2. The molecular formula is C28H30N4O4. The lowest BCUT2D eigenvalue weighted by Gasteiger charge is -2.26. The van der Waals surface area contributed by atoms with E-state index in [2.05, 4.69) is 45.5 Å². The fourth-order valence-electron chi connectivity index (χ4n) is 4.67. The van der Waals surface area contributed by atoms with E-state index >= 15 is 0 Å². The largest absolute Gasteiger partial charge is 0.384 e. The number of hydrogen-bond acceptors (Lipinski definition) is 7. The molecule has 1 amide bonds. The molecule has 186 valence electrons. The molecule has 0 saturated carbocycles. The van der Waals surface area contributed by atoms with E-state index < -0.39 is 6.04 Å². The third kappa shape index (κ3) is 5.17. The third-order valence-electron chi connectivity index (χ3n) is 6.46. The third-order valence-corrected chi connectivity index (χ3v) is 6.46. The van der Waals surface area contributed by atoms with E-state index in [1.54, 1.807) is 31.5 Å². The number of amides is 1. The Morgan fingerprint density at radius 1 is 1.08 bits per heavy atom. The minimum Gasteiger partial charge on any atom is -0.384 e. The van der Waals surface area contributed by atoms with Gasteiger partial charge in [-0.15, -0.1) is 0 Å². The summed E-state index contributed by atoms with van der Waals surface area (Å²) >= 11 is 0. The maximum Gasteiger partial charge on any atom is 0.257 e. The summed E-state index contributed by atoms with van der Waals surface area (Å²) < 4.78 is 5.46. The van der Waals surface area contributed by atoms with E-state index in [-0.39, 0.29) is 5.91 Å². The van der Waals surface area contributed by atoms with Crippen molar-refractivity contribution in [2.75, 3.05) is 38.7 Å². The molecule has 1 atom stereocenters. The Labute approximate surface area is 211 Å². The molecule has 0 spiro atoms. The number of rotatable bonds is 7. The van der Waals surface area contributed by atoms with Crippen LogP contribution in [0.2, 0.25) is 0 Å². The molecule has 1 aromatic heterocycles. The number of ether oxygens (including phenoxy) is 1. The Morgan fingerprint density at radius 2 is 1.86 bits per heavy atom. The zero-order valence-electron chi connectivity index (χ0n) is 20.5. The van der Waals surface area contributed by atoms with E-state index in [1.165, 1.54) is 17.9 Å². The van der Waals surface area contributed by atoms with Crippen LogP contribution in [0.15, 0.2) is 84.4 Å². The number of carbonyl (C=O) groups excluding carboxylic acids is 1. The molecule has 8 heteroatoms. The van der Waals surface area contributed by atoms with Crippen molar-refractivity contribution < 1.29 is 19.2 Å². The molecule has 2 aliphatic heterocycles. The summed E-state index contributed by atoms with van der Waals surface area (Å²) in [5.41, 5.74) is 5.33. The van der Waals surface area contributed by atoms with Gasteiger partial charge in [-0.05, 0) is 46.5 Å². The average Bonchev–Trinajstić information content (AvgIpc) is 3.26. The molecular weight excluding hydrogens is 456 g/mol. The summed E-state index contributed by atoms with van der Waals surface area (Å²) in [6.07, 6.45) is 3.27. The first-order valence-corrected chi connectivity index (χ1v) is 12.1. The molecule has 36 heavy (non-hydrogen) atoms.